The summed E-state index contributed by atoms with van der Waals surface area (Å²) in [5, 5.41) is 12.2. The van der Waals surface area contributed by atoms with Crippen molar-refractivity contribution in [1.82, 2.24) is 14.5 Å². The number of para-hydroxylation sites is 1. The van der Waals surface area contributed by atoms with Crippen molar-refractivity contribution in [2.45, 2.75) is 98.8 Å². The molecule has 0 fully saturated rings. The minimum atomic E-state index is -2.32. The van der Waals surface area contributed by atoms with E-state index in [2.05, 4.69) is 153 Å². The second-order valence-electron chi connectivity index (χ2n) is 19.1. The van der Waals surface area contributed by atoms with Gasteiger partial charge < -0.3 is 5.11 Å². The van der Waals surface area contributed by atoms with Crippen LogP contribution in [0.2, 0.25) is 0 Å². The number of phenols is 1. The molecule has 0 atom stereocenters. The third-order valence-electron chi connectivity index (χ3n) is 11.8. The van der Waals surface area contributed by atoms with Crippen LogP contribution in [-0.4, -0.2) is 19.6 Å². The number of fused-ring (bicyclic) bond motifs is 1. The molecule has 0 aliphatic heterocycles. The van der Waals surface area contributed by atoms with Gasteiger partial charge in [0.1, 0.15) is 11.6 Å². The summed E-state index contributed by atoms with van der Waals surface area (Å²) >= 11 is 0. The molecule has 0 aliphatic rings. The van der Waals surface area contributed by atoms with Crippen molar-refractivity contribution in [2.75, 3.05) is 0 Å². The van der Waals surface area contributed by atoms with Crippen LogP contribution >= 0.6 is 0 Å². The third kappa shape index (κ3) is 8.73. The molecule has 0 amide bonds. The quantitative estimate of drug-likeness (QED) is 0.154. The van der Waals surface area contributed by atoms with E-state index in [1.807, 2.05) is 48.7 Å². The predicted molar refractivity (Wildman–Crippen MR) is 257 cm³/mol. The molecule has 1 N–H and O–H groups in total. The molecule has 0 aliphatic carbocycles. The standard InChI is InChI=1S/C57H58N3O.Pt/c1-35(2)41-32-47(36(3)4)54(61)49(33-41)55-59-53-46(18-15-19-52(53)60(55)51-25-20-37(5)28-48(51)39-16-13-12-14-17-39)42-29-43(31-45(30-42)57(9,10)11)50-34-40(26-27-58-50)38-21-23-44(24-22-38)56(6,7)8;/h12-28,30-36,61H,1-11H3;/q-1;/i5D3;. The van der Waals surface area contributed by atoms with Gasteiger partial charge in [-0.15, -0.1) is 29.3 Å². The van der Waals surface area contributed by atoms with Crippen molar-refractivity contribution in [2.24, 2.45) is 0 Å². The van der Waals surface area contributed by atoms with E-state index in [0.717, 1.165) is 78.0 Å². The Morgan fingerprint density at radius 1 is 0.629 bits per heavy atom. The molecule has 2 aromatic heterocycles. The zero-order chi connectivity index (χ0) is 45.9. The molecule has 0 radical (unpaired) electrons. The number of imidazole rings is 1. The second-order valence-corrected chi connectivity index (χ2v) is 19.1. The van der Waals surface area contributed by atoms with Crippen LogP contribution in [0.25, 0.3) is 72.7 Å². The fourth-order valence-corrected chi connectivity index (χ4v) is 8.15. The SMILES string of the molecule is [2H]C([2H])([2H])c1ccc(-n2c(-c3cc(C(C)C)cc(C(C)C)c3O)nc3c(-c4[c-]c(-c5cc(-c6ccc(C(C)(C)C)cc6)ccn5)cc(C(C)(C)C)c4)cccc32)c(-c2ccccc2)c1.[Pt]. The van der Waals surface area contributed by atoms with Crippen LogP contribution in [0.3, 0.4) is 0 Å². The van der Waals surface area contributed by atoms with Crippen LogP contribution in [0.5, 0.6) is 5.75 Å². The normalized spacial score (nSPS) is 12.9. The number of aromatic nitrogens is 3. The van der Waals surface area contributed by atoms with E-state index >= 15 is 0 Å². The summed E-state index contributed by atoms with van der Waals surface area (Å²) in [5.41, 5.74) is 14.6. The molecule has 6 aromatic carbocycles. The first kappa shape index (κ1) is 40.5. The Balaban J connectivity index is 0.00000630. The van der Waals surface area contributed by atoms with Crippen molar-refractivity contribution in [3.63, 3.8) is 0 Å². The number of benzene rings is 6. The predicted octanol–water partition coefficient (Wildman–Crippen LogP) is 15.4. The number of pyridine rings is 1. The van der Waals surface area contributed by atoms with Crippen LogP contribution in [-0.2, 0) is 31.9 Å². The van der Waals surface area contributed by atoms with Crippen LogP contribution in [0, 0.1) is 12.9 Å². The summed E-state index contributed by atoms with van der Waals surface area (Å²) in [6.45, 7) is 19.5. The number of aromatic hydroxyl groups is 1. The van der Waals surface area contributed by atoms with Gasteiger partial charge in [0.25, 0.3) is 0 Å². The van der Waals surface area contributed by atoms with Gasteiger partial charge in [0, 0.05) is 42.6 Å². The minimum absolute atomic E-state index is 0. The van der Waals surface area contributed by atoms with Crippen LogP contribution in [0.1, 0.15) is 113 Å². The Bertz CT molecular complexity index is 3010. The Kier molecular flexibility index (Phi) is 11.3. The van der Waals surface area contributed by atoms with Gasteiger partial charge in [0.15, 0.2) is 0 Å². The van der Waals surface area contributed by atoms with Gasteiger partial charge in [0.2, 0.25) is 0 Å². The third-order valence-corrected chi connectivity index (χ3v) is 11.8. The number of nitrogens with zero attached hydrogens (tertiary/aromatic N) is 3. The summed E-state index contributed by atoms with van der Waals surface area (Å²) in [7, 11) is 0. The first-order valence-electron chi connectivity index (χ1n) is 22.9. The van der Waals surface area contributed by atoms with E-state index < -0.39 is 6.85 Å². The first-order valence-corrected chi connectivity index (χ1v) is 21.4. The van der Waals surface area contributed by atoms with Gasteiger partial charge in [-0.2, -0.15) is 0 Å². The van der Waals surface area contributed by atoms with E-state index in [-0.39, 0.29) is 55.0 Å². The Morgan fingerprint density at radius 3 is 2.00 bits per heavy atom. The molecule has 0 saturated carbocycles. The average Bonchev–Trinajstić information content (AvgIpc) is 3.65. The fraction of sp³-hybridized carbons (Fsp3) is 0.263. The summed E-state index contributed by atoms with van der Waals surface area (Å²) in [5.74, 6) is 0.974. The zero-order valence-corrected chi connectivity index (χ0v) is 39.7. The smallest absolute Gasteiger partial charge is 0.148 e. The van der Waals surface area contributed by atoms with Crippen molar-refractivity contribution in [3.8, 4) is 67.5 Å². The summed E-state index contributed by atoms with van der Waals surface area (Å²) in [4.78, 5) is 10.4. The number of hydrogen-bond acceptors (Lipinski definition) is 3. The van der Waals surface area contributed by atoms with Crippen molar-refractivity contribution in [3.05, 3.63) is 167 Å². The van der Waals surface area contributed by atoms with Crippen LogP contribution in [0.15, 0.2) is 134 Å². The fourth-order valence-electron chi connectivity index (χ4n) is 8.15. The molecular weight excluding hydrogens is 938 g/mol. The maximum Gasteiger partial charge on any atom is 0.148 e. The number of rotatable bonds is 8. The maximum atomic E-state index is 12.2. The van der Waals surface area contributed by atoms with Gasteiger partial charge in [0.05, 0.1) is 22.3 Å². The van der Waals surface area contributed by atoms with Crippen molar-refractivity contribution < 1.29 is 30.3 Å². The average molecular weight is 999 g/mol. The van der Waals surface area contributed by atoms with Gasteiger partial charge in [-0.25, -0.2) is 4.98 Å². The molecule has 0 spiro atoms. The summed E-state index contributed by atoms with van der Waals surface area (Å²) in [6.07, 6.45) is 1.87. The van der Waals surface area contributed by atoms with Crippen molar-refractivity contribution in [1.29, 1.82) is 0 Å². The number of hydrogen-bond donors (Lipinski definition) is 1. The van der Waals surface area contributed by atoms with Gasteiger partial charge in [-0.05, 0) is 93.2 Å². The van der Waals surface area contributed by atoms with Gasteiger partial charge in [-0.3, -0.25) is 9.55 Å². The van der Waals surface area contributed by atoms with Crippen LogP contribution in [0.4, 0.5) is 0 Å². The minimum Gasteiger partial charge on any atom is -0.507 e. The Labute approximate surface area is 387 Å². The van der Waals surface area contributed by atoms with Crippen molar-refractivity contribution >= 4 is 11.0 Å². The largest absolute Gasteiger partial charge is 0.507 e. The Morgan fingerprint density at radius 2 is 1.34 bits per heavy atom. The van der Waals surface area contributed by atoms with E-state index in [0.29, 0.717) is 11.4 Å². The Hall–Kier alpha value is -5.57. The molecule has 62 heavy (non-hydrogen) atoms. The van der Waals surface area contributed by atoms with Crippen LogP contribution < -0.4 is 0 Å². The molecule has 5 heteroatoms. The topological polar surface area (TPSA) is 50.9 Å². The summed E-state index contributed by atoms with van der Waals surface area (Å²) < 4.78 is 27.2. The monoisotopic (exact) mass is 998 g/mol. The van der Waals surface area contributed by atoms with E-state index in [9.17, 15) is 5.11 Å². The molecule has 8 aromatic rings. The molecule has 4 nitrogen and oxygen atoms in total. The molecule has 318 valence electrons. The molecule has 0 saturated heterocycles. The molecular formula is C57H58N3OPt-. The van der Waals surface area contributed by atoms with Gasteiger partial charge >= 0.3 is 0 Å². The van der Waals surface area contributed by atoms with E-state index in [4.69, 9.17) is 14.1 Å². The summed E-state index contributed by atoms with van der Waals surface area (Å²) in [6, 6.07) is 46.8. The zero-order valence-electron chi connectivity index (χ0n) is 40.5. The van der Waals surface area contributed by atoms with E-state index in [1.54, 1.807) is 12.1 Å². The molecule has 0 unspecified atom stereocenters. The maximum absolute atomic E-state index is 12.2. The second kappa shape index (κ2) is 17.3. The number of phenolic OH excluding ortho intramolecular Hbond substituents is 1. The molecule has 8 rings (SSSR count). The number of aryl methyl sites for hydroxylation is 1. The van der Waals surface area contributed by atoms with E-state index in [1.165, 1.54) is 5.56 Å². The molecule has 0 bridgehead atoms. The first-order chi connectivity index (χ1) is 30.2. The van der Waals surface area contributed by atoms with Gasteiger partial charge in [-0.1, -0.05) is 171 Å². The molecule has 2 heterocycles.